The molecule has 0 amide bonds. The molecule has 0 spiro atoms. The average molecular weight is 358 g/mol. The summed E-state index contributed by atoms with van der Waals surface area (Å²) in [4.78, 5) is 0. The standard InChI is InChI=1S/C18H17ClF3O2/c1-4-17(2,23-3)15-10-9-14(11-16(15)18(20,21)22)24-13-7-5-12(19)6-8-13/h5-11H,2,4H2,1,3H3. The Labute approximate surface area is 144 Å². The highest BCUT2D eigenvalue weighted by Gasteiger charge is 2.39. The third-order valence-corrected chi connectivity index (χ3v) is 4.05. The van der Waals surface area contributed by atoms with E-state index in [0.29, 0.717) is 17.2 Å². The molecule has 0 bridgehead atoms. The monoisotopic (exact) mass is 357 g/mol. The highest BCUT2D eigenvalue weighted by molar-refractivity contribution is 6.30. The van der Waals surface area contributed by atoms with Crippen LogP contribution in [0.3, 0.4) is 0 Å². The van der Waals surface area contributed by atoms with Gasteiger partial charge >= 0.3 is 6.18 Å². The van der Waals surface area contributed by atoms with Gasteiger partial charge in [-0.05, 0) is 55.3 Å². The van der Waals surface area contributed by atoms with Crippen LogP contribution in [0.2, 0.25) is 5.02 Å². The van der Waals surface area contributed by atoms with E-state index in [1.54, 1.807) is 31.2 Å². The van der Waals surface area contributed by atoms with Crippen LogP contribution in [0.15, 0.2) is 42.5 Å². The van der Waals surface area contributed by atoms with Gasteiger partial charge in [0, 0.05) is 12.1 Å². The summed E-state index contributed by atoms with van der Waals surface area (Å²) in [7, 11) is 1.34. The van der Waals surface area contributed by atoms with Gasteiger partial charge in [-0.3, -0.25) is 0 Å². The number of ether oxygens (including phenoxy) is 2. The lowest BCUT2D eigenvalue weighted by molar-refractivity contribution is -0.140. The molecule has 0 saturated heterocycles. The summed E-state index contributed by atoms with van der Waals surface area (Å²) in [6.45, 7) is 5.51. The lowest BCUT2D eigenvalue weighted by Gasteiger charge is -2.30. The van der Waals surface area contributed by atoms with Gasteiger partial charge in [-0.1, -0.05) is 24.6 Å². The van der Waals surface area contributed by atoms with Gasteiger partial charge in [-0.15, -0.1) is 0 Å². The van der Waals surface area contributed by atoms with Crippen LogP contribution < -0.4 is 4.74 Å². The maximum absolute atomic E-state index is 13.5. The first-order valence-corrected chi connectivity index (χ1v) is 7.63. The van der Waals surface area contributed by atoms with Gasteiger partial charge < -0.3 is 9.47 Å². The number of methoxy groups -OCH3 is 1. The summed E-state index contributed by atoms with van der Waals surface area (Å²) >= 11 is 5.78. The molecule has 6 heteroatoms. The van der Waals surface area contributed by atoms with Crippen LogP contribution in [0.5, 0.6) is 11.5 Å². The van der Waals surface area contributed by atoms with E-state index < -0.39 is 17.3 Å². The number of alkyl halides is 3. The molecule has 2 aromatic rings. The molecule has 0 fully saturated rings. The van der Waals surface area contributed by atoms with Gasteiger partial charge in [0.2, 0.25) is 0 Å². The van der Waals surface area contributed by atoms with Crippen LogP contribution in [0.25, 0.3) is 0 Å². The number of halogens is 4. The fraction of sp³-hybridized carbons (Fsp3) is 0.278. The number of rotatable bonds is 5. The zero-order valence-electron chi connectivity index (χ0n) is 13.3. The molecule has 1 atom stereocenters. The fourth-order valence-electron chi connectivity index (χ4n) is 2.30. The maximum Gasteiger partial charge on any atom is 0.416 e. The molecule has 2 nitrogen and oxygen atoms in total. The molecule has 0 aliphatic heterocycles. The van der Waals surface area contributed by atoms with Gasteiger partial charge in [0.05, 0.1) is 11.2 Å². The van der Waals surface area contributed by atoms with Gasteiger partial charge in [-0.2, -0.15) is 13.2 Å². The molecule has 2 aromatic carbocycles. The van der Waals surface area contributed by atoms with Crippen LogP contribution in [0.4, 0.5) is 13.2 Å². The van der Waals surface area contributed by atoms with Crippen LogP contribution >= 0.6 is 11.6 Å². The Bertz CT molecular complexity index is 692. The molecule has 0 aliphatic carbocycles. The van der Waals surface area contributed by atoms with Crippen LogP contribution in [0, 0.1) is 6.92 Å². The minimum atomic E-state index is -4.55. The maximum atomic E-state index is 13.5. The van der Waals surface area contributed by atoms with E-state index in [4.69, 9.17) is 21.1 Å². The van der Waals surface area contributed by atoms with E-state index in [2.05, 4.69) is 6.92 Å². The minimum Gasteiger partial charge on any atom is -0.457 e. The Morgan fingerprint density at radius 2 is 1.58 bits per heavy atom. The number of benzene rings is 2. The van der Waals surface area contributed by atoms with Crippen molar-refractivity contribution in [3.05, 3.63) is 65.5 Å². The summed E-state index contributed by atoms with van der Waals surface area (Å²) in [5, 5.41) is 0.513. The molecule has 2 rings (SSSR count). The first-order chi connectivity index (χ1) is 11.2. The van der Waals surface area contributed by atoms with E-state index in [1.165, 1.54) is 19.2 Å². The highest BCUT2D eigenvalue weighted by Crippen LogP contribution is 2.41. The molecule has 0 N–H and O–H groups in total. The number of hydrogen-bond donors (Lipinski definition) is 0. The van der Waals surface area contributed by atoms with Crippen molar-refractivity contribution in [2.24, 2.45) is 0 Å². The average Bonchev–Trinajstić information content (AvgIpc) is 2.55. The molecule has 1 unspecified atom stereocenters. The Morgan fingerprint density at radius 1 is 1.00 bits per heavy atom. The summed E-state index contributed by atoms with van der Waals surface area (Å²) in [5.41, 5.74) is -2.12. The van der Waals surface area contributed by atoms with E-state index >= 15 is 0 Å². The smallest absolute Gasteiger partial charge is 0.416 e. The predicted molar refractivity (Wildman–Crippen MR) is 87.3 cm³/mol. The van der Waals surface area contributed by atoms with Gasteiger partial charge in [-0.25, -0.2) is 0 Å². The minimum absolute atomic E-state index is 0.0246. The summed E-state index contributed by atoms with van der Waals surface area (Å²) in [5.74, 6) is 0.464. The van der Waals surface area contributed by atoms with E-state index in [9.17, 15) is 13.2 Å². The van der Waals surface area contributed by atoms with Crippen molar-refractivity contribution >= 4 is 11.6 Å². The highest BCUT2D eigenvalue weighted by atomic mass is 35.5. The summed E-state index contributed by atoms with van der Waals surface area (Å²) < 4.78 is 51.1. The second-order valence-corrected chi connectivity index (χ2v) is 5.75. The van der Waals surface area contributed by atoms with Crippen LogP contribution in [0.1, 0.15) is 24.5 Å². The summed E-state index contributed by atoms with van der Waals surface area (Å²) in [6, 6.07) is 10.1. The first kappa shape index (κ1) is 18.6. The molecule has 0 saturated carbocycles. The Morgan fingerprint density at radius 3 is 2.08 bits per heavy atom. The summed E-state index contributed by atoms with van der Waals surface area (Å²) in [6.07, 6.45) is -4.25. The molecule has 0 heterocycles. The lowest BCUT2D eigenvalue weighted by Crippen LogP contribution is -2.27. The fourth-order valence-corrected chi connectivity index (χ4v) is 2.43. The van der Waals surface area contributed by atoms with Crippen LogP contribution in [-0.2, 0) is 16.5 Å². The molecule has 129 valence electrons. The SMILES string of the molecule is [CH2]C(CC)(OC)c1ccc(Oc2ccc(Cl)cc2)cc1C(F)(F)F. The van der Waals surface area contributed by atoms with E-state index in [0.717, 1.165) is 6.07 Å². The van der Waals surface area contributed by atoms with E-state index in [1.807, 2.05) is 0 Å². The third kappa shape index (κ3) is 4.02. The third-order valence-electron chi connectivity index (χ3n) is 3.80. The van der Waals surface area contributed by atoms with Gasteiger partial charge in [0.15, 0.2) is 0 Å². The van der Waals surface area contributed by atoms with Crippen molar-refractivity contribution in [3.8, 4) is 11.5 Å². The first-order valence-electron chi connectivity index (χ1n) is 7.25. The zero-order valence-corrected chi connectivity index (χ0v) is 14.0. The van der Waals surface area contributed by atoms with Gasteiger partial charge in [0.25, 0.3) is 0 Å². The molecule has 24 heavy (non-hydrogen) atoms. The Balaban J connectivity index is 2.45. The molecule has 0 aliphatic rings. The van der Waals surface area contributed by atoms with Crippen molar-refractivity contribution in [2.45, 2.75) is 25.1 Å². The van der Waals surface area contributed by atoms with Gasteiger partial charge in [0.1, 0.15) is 11.5 Å². The normalized spacial score (nSPS) is 14.3. The van der Waals surface area contributed by atoms with Crippen molar-refractivity contribution in [3.63, 3.8) is 0 Å². The topological polar surface area (TPSA) is 18.5 Å². The van der Waals surface area contributed by atoms with Crippen molar-refractivity contribution in [1.29, 1.82) is 0 Å². The van der Waals surface area contributed by atoms with Crippen molar-refractivity contribution < 1.29 is 22.6 Å². The van der Waals surface area contributed by atoms with Crippen LogP contribution in [-0.4, -0.2) is 7.11 Å². The Hall–Kier alpha value is -1.72. The van der Waals surface area contributed by atoms with Crippen molar-refractivity contribution in [1.82, 2.24) is 0 Å². The largest absolute Gasteiger partial charge is 0.457 e. The van der Waals surface area contributed by atoms with Crippen molar-refractivity contribution in [2.75, 3.05) is 7.11 Å². The molecular formula is C18H17ClF3O2. The van der Waals surface area contributed by atoms with E-state index in [-0.39, 0.29) is 11.3 Å². The molecule has 0 aromatic heterocycles. The second-order valence-electron chi connectivity index (χ2n) is 5.31. The lowest BCUT2D eigenvalue weighted by atomic mass is 9.88. The Kier molecular flexibility index (Phi) is 5.45. The number of hydrogen-bond acceptors (Lipinski definition) is 2. The zero-order chi connectivity index (χ0) is 18.0. The quantitative estimate of drug-likeness (QED) is 0.630. The molecule has 1 radical (unpaired) electrons. The predicted octanol–water partition coefficient (Wildman–Crippen LogP) is 6.24. The molecular weight excluding hydrogens is 341 g/mol. The second kappa shape index (κ2) is 7.03.